The molecule has 1 heterocycles. The Morgan fingerprint density at radius 2 is 1.94 bits per heavy atom. The Hall–Kier alpha value is -3.44. The molecule has 10 nitrogen and oxygen atoms in total. The first-order valence-electron chi connectivity index (χ1n) is 8.93. The molecule has 0 atom stereocenters. The molecule has 1 N–H and O–H groups in total. The normalized spacial score (nSPS) is 11.2. The number of carbonyl (C=O) groups excluding carboxylic acids is 1. The molecule has 0 saturated heterocycles. The zero-order valence-corrected chi connectivity index (χ0v) is 18.0. The van der Waals surface area contributed by atoms with Crippen molar-refractivity contribution in [2.45, 2.75) is 18.7 Å². The van der Waals surface area contributed by atoms with Crippen molar-refractivity contribution in [1.29, 1.82) is 0 Å². The lowest BCUT2D eigenvalue weighted by Crippen LogP contribution is -2.13. The standard InChI is InChI=1S/C19H17ClN4O6S/c1-3-30-19(25)16-11-21-23(12(16)2)14-6-4-13(5-7-14)22-31(28,29)15-8-9-17(20)18(10-15)24(26)27/h4-11,22H,3H2,1-2H3. The Labute approximate surface area is 182 Å². The molecule has 0 fully saturated rings. The zero-order valence-electron chi connectivity index (χ0n) is 16.4. The van der Waals surface area contributed by atoms with E-state index in [1.54, 1.807) is 26.0 Å². The van der Waals surface area contributed by atoms with Crippen LogP contribution in [-0.4, -0.2) is 35.7 Å². The fourth-order valence-electron chi connectivity index (χ4n) is 2.76. The molecule has 0 radical (unpaired) electrons. The number of nitro groups is 1. The molecule has 12 heteroatoms. The van der Waals surface area contributed by atoms with Crippen molar-refractivity contribution in [2.75, 3.05) is 11.3 Å². The van der Waals surface area contributed by atoms with Crippen molar-refractivity contribution in [3.05, 3.63) is 75.1 Å². The monoisotopic (exact) mass is 464 g/mol. The molecular formula is C19H17ClN4O6S. The van der Waals surface area contributed by atoms with Crippen LogP contribution in [0, 0.1) is 17.0 Å². The van der Waals surface area contributed by atoms with E-state index in [0.29, 0.717) is 16.9 Å². The van der Waals surface area contributed by atoms with Crippen molar-refractivity contribution in [3.63, 3.8) is 0 Å². The number of benzene rings is 2. The number of esters is 1. The van der Waals surface area contributed by atoms with E-state index in [4.69, 9.17) is 16.3 Å². The van der Waals surface area contributed by atoms with Crippen LogP contribution >= 0.6 is 11.6 Å². The average Bonchev–Trinajstić information content (AvgIpc) is 3.10. The number of hydrogen-bond donors (Lipinski definition) is 1. The second-order valence-corrected chi connectivity index (χ2v) is 8.39. The summed E-state index contributed by atoms with van der Waals surface area (Å²) >= 11 is 5.73. The summed E-state index contributed by atoms with van der Waals surface area (Å²) in [5.74, 6) is -0.479. The first-order chi connectivity index (χ1) is 14.6. The Morgan fingerprint density at radius 3 is 2.55 bits per heavy atom. The summed E-state index contributed by atoms with van der Waals surface area (Å²) in [5.41, 5.74) is 1.22. The third-order valence-corrected chi connectivity index (χ3v) is 5.99. The maximum atomic E-state index is 12.6. The molecule has 0 amide bonds. The van der Waals surface area contributed by atoms with Crippen LogP contribution < -0.4 is 4.72 Å². The van der Waals surface area contributed by atoms with Crippen LogP contribution in [0.1, 0.15) is 23.0 Å². The molecule has 162 valence electrons. The number of nitrogens with zero attached hydrogens (tertiary/aromatic N) is 3. The maximum absolute atomic E-state index is 12.6. The minimum absolute atomic E-state index is 0.162. The van der Waals surface area contributed by atoms with Crippen molar-refractivity contribution in [2.24, 2.45) is 0 Å². The third kappa shape index (κ3) is 4.67. The smallest absolute Gasteiger partial charge is 0.341 e. The second-order valence-electron chi connectivity index (χ2n) is 6.30. The molecule has 0 aliphatic rings. The topological polar surface area (TPSA) is 133 Å². The minimum Gasteiger partial charge on any atom is -0.462 e. The molecule has 1 aromatic heterocycles. The lowest BCUT2D eigenvalue weighted by atomic mass is 10.2. The van der Waals surface area contributed by atoms with E-state index in [1.807, 2.05) is 0 Å². The van der Waals surface area contributed by atoms with Crippen LogP contribution in [0.4, 0.5) is 11.4 Å². The molecule has 0 aliphatic carbocycles. The van der Waals surface area contributed by atoms with Crippen LogP contribution in [0.2, 0.25) is 5.02 Å². The summed E-state index contributed by atoms with van der Waals surface area (Å²) in [7, 11) is -4.08. The minimum atomic E-state index is -4.08. The maximum Gasteiger partial charge on any atom is 0.341 e. The fourth-order valence-corrected chi connectivity index (χ4v) is 4.03. The zero-order chi connectivity index (χ0) is 22.8. The van der Waals surface area contributed by atoms with Gasteiger partial charge in [-0.25, -0.2) is 17.9 Å². The Balaban J connectivity index is 1.84. The first-order valence-corrected chi connectivity index (χ1v) is 10.8. The lowest BCUT2D eigenvalue weighted by Gasteiger charge is -2.10. The van der Waals surface area contributed by atoms with Gasteiger partial charge in [0.25, 0.3) is 15.7 Å². The lowest BCUT2D eigenvalue weighted by molar-refractivity contribution is -0.384. The Morgan fingerprint density at radius 1 is 1.26 bits per heavy atom. The van der Waals surface area contributed by atoms with Gasteiger partial charge in [-0.05, 0) is 50.2 Å². The Bertz CT molecular complexity index is 1250. The predicted octanol–water partition coefficient (Wildman–Crippen LogP) is 3.72. The van der Waals surface area contributed by atoms with Crippen molar-refractivity contribution in [1.82, 2.24) is 9.78 Å². The third-order valence-electron chi connectivity index (χ3n) is 4.29. The van der Waals surface area contributed by atoms with Gasteiger partial charge in [0.15, 0.2) is 0 Å². The first kappa shape index (κ1) is 22.2. The summed E-state index contributed by atoms with van der Waals surface area (Å²) in [6.45, 7) is 3.66. The van der Waals surface area contributed by atoms with Crippen LogP contribution in [-0.2, 0) is 14.8 Å². The van der Waals surface area contributed by atoms with Gasteiger partial charge in [-0.2, -0.15) is 5.10 Å². The number of halogens is 1. The molecule has 0 bridgehead atoms. The van der Waals surface area contributed by atoms with Gasteiger partial charge >= 0.3 is 5.97 Å². The highest BCUT2D eigenvalue weighted by atomic mass is 35.5. The number of hydrogen-bond acceptors (Lipinski definition) is 7. The number of aromatic nitrogens is 2. The van der Waals surface area contributed by atoms with Crippen LogP contribution in [0.3, 0.4) is 0 Å². The highest BCUT2D eigenvalue weighted by Gasteiger charge is 2.21. The van der Waals surface area contributed by atoms with Crippen molar-refractivity contribution >= 4 is 39.0 Å². The van der Waals surface area contributed by atoms with Gasteiger partial charge in [-0.1, -0.05) is 11.6 Å². The van der Waals surface area contributed by atoms with E-state index in [9.17, 15) is 23.3 Å². The van der Waals surface area contributed by atoms with E-state index in [-0.39, 0.29) is 22.2 Å². The van der Waals surface area contributed by atoms with E-state index >= 15 is 0 Å². The molecule has 0 unspecified atom stereocenters. The van der Waals surface area contributed by atoms with Gasteiger partial charge < -0.3 is 4.74 Å². The van der Waals surface area contributed by atoms with Gasteiger partial charge in [-0.15, -0.1) is 0 Å². The number of sulfonamides is 1. The van der Waals surface area contributed by atoms with Gasteiger partial charge in [0.1, 0.15) is 10.6 Å². The van der Waals surface area contributed by atoms with Crippen molar-refractivity contribution < 1.29 is 22.9 Å². The molecule has 3 aromatic rings. The molecule has 3 rings (SSSR count). The van der Waals surface area contributed by atoms with E-state index in [0.717, 1.165) is 12.1 Å². The summed E-state index contributed by atoms with van der Waals surface area (Å²) in [5, 5.41) is 15.0. The molecule has 0 saturated carbocycles. The average molecular weight is 465 g/mol. The number of nitro benzene ring substituents is 1. The van der Waals surface area contributed by atoms with E-state index in [1.165, 1.54) is 29.1 Å². The van der Waals surface area contributed by atoms with Crippen LogP contribution in [0.25, 0.3) is 5.69 Å². The predicted molar refractivity (Wildman–Crippen MR) is 113 cm³/mol. The largest absolute Gasteiger partial charge is 0.462 e. The van der Waals surface area contributed by atoms with Crippen LogP contribution in [0.5, 0.6) is 0 Å². The number of carbonyl (C=O) groups is 1. The second kappa shape index (κ2) is 8.74. The quantitative estimate of drug-likeness (QED) is 0.320. The summed E-state index contributed by atoms with van der Waals surface area (Å²) in [6.07, 6.45) is 1.40. The van der Waals surface area contributed by atoms with Gasteiger partial charge in [0.05, 0.1) is 34.0 Å². The molecule has 31 heavy (non-hydrogen) atoms. The molecular weight excluding hydrogens is 448 g/mol. The summed E-state index contributed by atoms with van der Waals surface area (Å²) < 4.78 is 34.0. The summed E-state index contributed by atoms with van der Waals surface area (Å²) in [6, 6.07) is 9.44. The highest BCUT2D eigenvalue weighted by molar-refractivity contribution is 7.92. The SMILES string of the molecule is CCOC(=O)c1cnn(-c2ccc(NS(=O)(=O)c3ccc(Cl)c([N+](=O)[O-])c3)cc2)c1C. The number of nitrogens with one attached hydrogen (secondary N) is 1. The summed E-state index contributed by atoms with van der Waals surface area (Å²) in [4.78, 5) is 21.9. The molecule has 0 aliphatic heterocycles. The molecule has 0 spiro atoms. The number of rotatable bonds is 7. The van der Waals surface area contributed by atoms with Crippen molar-refractivity contribution in [3.8, 4) is 5.69 Å². The van der Waals surface area contributed by atoms with Gasteiger partial charge in [0, 0.05) is 11.8 Å². The van der Waals surface area contributed by atoms with Crippen LogP contribution in [0.15, 0.2) is 53.6 Å². The number of anilines is 1. The number of ether oxygens (including phenoxy) is 1. The van der Waals surface area contributed by atoms with Gasteiger partial charge in [0.2, 0.25) is 0 Å². The fraction of sp³-hybridized carbons (Fsp3) is 0.158. The molecule has 2 aromatic carbocycles. The van der Waals surface area contributed by atoms with Gasteiger partial charge in [-0.3, -0.25) is 14.8 Å². The van der Waals surface area contributed by atoms with E-state index < -0.39 is 26.6 Å². The van der Waals surface area contributed by atoms with E-state index in [2.05, 4.69) is 9.82 Å². The highest BCUT2D eigenvalue weighted by Crippen LogP contribution is 2.28. The Kier molecular flexibility index (Phi) is 6.27.